The van der Waals surface area contributed by atoms with Crippen molar-refractivity contribution in [3.63, 3.8) is 0 Å². The van der Waals surface area contributed by atoms with Crippen LogP contribution in [0.1, 0.15) is 24.3 Å². The first kappa shape index (κ1) is 17.5. The first-order valence-corrected chi connectivity index (χ1v) is 8.46. The number of aromatic amines is 1. The molecule has 26 heavy (non-hydrogen) atoms. The van der Waals surface area contributed by atoms with Crippen LogP contribution in [0.5, 0.6) is 0 Å². The van der Waals surface area contributed by atoms with E-state index in [4.69, 9.17) is 9.47 Å². The minimum Gasteiger partial charge on any atom is -0.461 e. The average molecular weight is 352 g/mol. The Morgan fingerprint density at radius 2 is 1.69 bits per heavy atom. The normalized spacial score (nSPS) is 10.5. The van der Waals surface area contributed by atoms with Crippen molar-refractivity contribution in [3.8, 4) is 11.1 Å². The van der Waals surface area contributed by atoms with E-state index in [1.807, 2.05) is 48.5 Å². The number of amides is 1. The number of rotatable bonds is 5. The number of H-pyrrole nitrogens is 1. The lowest BCUT2D eigenvalue weighted by Gasteiger charge is -2.07. The van der Waals surface area contributed by atoms with Crippen molar-refractivity contribution in [1.82, 2.24) is 4.98 Å². The Labute approximate surface area is 151 Å². The topological polar surface area (TPSA) is 80.4 Å². The van der Waals surface area contributed by atoms with Gasteiger partial charge in [-0.1, -0.05) is 42.5 Å². The maximum atomic E-state index is 12.3. The zero-order chi connectivity index (χ0) is 18.5. The summed E-state index contributed by atoms with van der Waals surface area (Å²) in [4.78, 5) is 27.2. The lowest BCUT2D eigenvalue weighted by Crippen LogP contribution is -2.16. The molecular formula is C20H20N2O4. The second-order valence-corrected chi connectivity index (χ2v) is 5.57. The van der Waals surface area contributed by atoms with Crippen LogP contribution < -0.4 is 5.32 Å². The Morgan fingerprint density at radius 3 is 2.38 bits per heavy atom. The van der Waals surface area contributed by atoms with E-state index < -0.39 is 12.1 Å². The van der Waals surface area contributed by atoms with Crippen LogP contribution >= 0.6 is 0 Å². The fourth-order valence-corrected chi connectivity index (χ4v) is 2.76. The van der Waals surface area contributed by atoms with E-state index in [2.05, 4.69) is 10.3 Å². The molecule has 0 atom stereocenters. The Morgan fingerprint density at radius 1 is 0.962 bits per heavy atom. The maximum Gasteiger partial charge on any atom is 0.411 e. The third-order valence-electron chi connectivity index (χ3n) is 3.89. The van der Waals surface area contributed by atoms with Crippen molar-refractivity contribution in [2.24, 2.45) is 0 Å². The molecular weight excluding hydrogens is 332 g/mol. The number of hydrogen-bond donors (Lipinski definition) is 2. The number of esters is 1. The number of nitrogens with one attached hydrogen (secondary N) is 2. The molecule has 0 aliphatic carbocycles. The molecule has 0 aliphatic heterocycles. The number of carbonyl (C=O) groups excluding carboxylic acids is 2. The van der Waals surface area contributed by atoms with Crippen LogP contribution in [0.15, 0.2) is 48.5 Å². The minimum absolute atomic E-state index is 0.195. The smallest absolute Gasteiger partial charge is 0.411 e. The Kier molecular flexibility index (Phi) is 5.22. The third-order valence-corrected chi connectivity index (χ3v) is 3.89. The largest absolute Gasteiger partial charge is 0.461 e. The predicted octanol–water partition coefficient (Wildman–Crippen LogP) is 4.58. The second kappa shape index (κ2) is 7.74. The molecule has 1 heterocycles. The van der Waals surface area contributed by atoms with Gasteiger partial charge < -0.3 is 14.5 Å². The number of fused-ring (bicyclic) bond motifs is 1. The van der Waals surface area contributed by atoms with E-state index in [1.165, 1.54) is 0 Å². The molecule has 0 saturated carbocycles. The molecule has 3 aromatic rings. The van der Waals surface area contributed by atoms with Crippen LogP contribution in [0.4, 0.5) is 10.5 Å². The molecule has 0 spiro atoms. The van der Waals surface area contributed by atoms with Gasteiger partial charge in [0.1, 0.15) is 5.69 Å². The molecule has 2 N–H and O–H groups in total. The minimum atomic E-state index is -0.619. The average Bonchev–Trinajstić information content (AvgIpc) is 3.00. The van der Waals surface area contributed by atoms with Crippen LogP contribution in [0.25, 0.3) is 22.0 Å². The van der Waals surface area contributed by atoms with Gasteiger partial charge in [0, 0.05) is 10.9 Å². The van der Waals surface area contributed by atoms with Crippen LogP contribution in [0.2, 0.25) is 0 Å². The molecule has 6 nitrogen and oxygen atoms in total. The zero-order valence-corrected chi connectivity index (χ0v) is 14.7. The molecule has 0 radical (unpaired) electrons. The summed E-state index contributed by atoms with van der Waals surface area (Å²) in [5.41, 5.74) is 3.33. The number of anilines is 1. The Balaban J connectivity index is 2.08. The van der Waals surface area contributed by atoms with Crippen molar-refractivity contribution < 1.29 is 19.1 Å². The van der Waals surface area contributed by atoms with E-state index in [-0.39, 0.29) is 18.9 Å². The van der Waals surface area contributed by atoms with E-state index in [9.17, 15) is 9.59 Å². The van der Waals surface area contributed by atoms with Crippen molar-refractivity contribution >= 4 is 28.7 Å². The Hall–Kier alpha value is -3.28. The summed E-state index contributed by atoms with van der Waals surface area (Å²) >= 11 is 0. The van der Waals surface area contributed by atoms with Gasteiger partial charge >= 0.3 is 12.1 Å². The van der Waals surface area contributed by atoms with Gasteiger partial charge in [-0.3, -0.25) is 5.32 Å². The summed E-state index contributed by atoms with van der Waals surface area (Å²) in [6, 6.07) is 15.6. The Bertz CT molecular complexity index is 932. The molecule has 1 amide bonds. The summed E-state index contributed by atoms with van der Waals surface area (Å²) in [6.07, 6.45) is -0.619. The summed E-state index contributed by atoms with van der Waals surface area (Å²) in [5.74, 6) is -0.531. The summed E-state index contributed by atoms with van der Waals surface area (Å²) in [7, 11) is 0. The number of benzene rings is 2. The standard InChI is InChI=1S/C20H20N2O4/c1-3-25-19(23)18-17(22-20(24)26-4-2)15-11-10-14(12-16(15)21-18)13-8-6-5-7-9-13/h5-12,21H,3-4H2,1-2H3,(H,22,24). The number of aromatic nitrogens is 1. The first-order valence-electron chi connectivity index (χ1n) is 8.46. The van der Waals surface area contributed by atoms with Gasteiger partial charge in [-0.25, -0.2) is 9.59 Å². The number of carbonyl (C=O) groups is 2. The maximum absolute atomic E-state index is 12.3. The van der Waals surface area contributed by atoms with E-state index in [0.29, 0.717) is 11.1 Å². The molecule has 134 valence electrons. The van der Waals surface area contributed by atoms with Crippen molar-refractivity contribution in [3.05, 3.63) is 54.2 Å². The highest BCUT2D eigenvalue weighted by Gasteiger charge is 2.21. The highest BCUT2D eigenvalue weighted by molar-refractivity contribution is 6.10. The molecule has 2 aromatic carbocycles. The van der Waals surface area contributed by atoms with E-state index in [0.717, 1.165) is 16.6 Å². The van der Waals surface area contributed by atoms with Crippen molar-refractivity contribution in [2.45, 2.75) is 13.8 Å². The van der Waals surface area contributed by atoms with Crippen LogP contribution in [0.3, 0.4) is 0 Å². The third kappa shape index (κ3) is 3.54. The summed E-state index contributed by atoms with van der Waals surface area (Å²) in [6.45, 7) is 3.92. The SMILES string of the molecule is CCOC(=O)Nc1c(C(=O)OCC)[nH]c2cc(-c3ccccc3)ccc12. The van der Waals surface area contributed by atoms with Crippen molar-refractivity contribution in [1.29, 1.82) is 0 Å². The van der Waals surface area contributed by atoms with Crippen LogP contribution in [-0.2, 0) is 9.47 Å². The molecule has 6 heteroatoms. The quantitative estimate of drug-likeness (QED) is 0.659. The number of hydrogen-bond acceptors (Lipinski definition) is 4. The summed E-state index contributed by atoms with van der Waals surface area (Å²) in [5, 5.41) is 3.35. The molecule has 0 aliphatic rings. The molecule has 1 aromatic heterocycles. The van der Waals surface area contributed by atoms with E-state index >= 15 is 0 Å². The van der Waals surface area contributed by atoms with Crippen LogP contribution in [0, 0.1) is 0 Å². The van der Waals surface area contributed by atoms with Crippen LogP contribution in [-0.4, -0.2) is 30.3 Å². The monoisotopic (exact) mass is 352 g/mol. The van der Waals surface area contributed by atoms with Gasteiger partial charge in [0.25, 0.3) is 0 Å². The second-order valence-electron chi connectivity index (χ2n) is 5.57. The first-order chi connectivity index (χ1) is 12.6. The molecule has 0 fully saturated rings. The van der Waals surface area contributed by atoms with E-state index in [1.54, 1.807) is 13.8 Å². The van der Waals surface area contributed by atoms with Gasteiger partial charge in [-0.05, 0) is 31.0 Å². The fourth-order valence-electron chi connectivity index (χ4n) is 2.76. The molecule has 0 bridgehead atoms. The number of ether oxygens (including phenoxy) is 2. The summed E-state index contributed by atoms with van der Waals surface area (Å²) < 4.78 is 10.0. The predicted molar refractivity (Wildman–Crippen MR) is 100 cm³/mol. The highest BCUT2D eigenvalue weighted by Crippen LogP contribution is 2.32. The highest BCUT2D eigenvalue weighted by atomic mass is 16.5. The van der Waals surface area contributed by atoms with Crippen molar-refractivity contribution in [2.75, 3.05) is 18.5 Å². The van der Waals surface area contributed by atoms with Gasteiger partial charge in [0.05, 0.1) is 18.9 Å². The zero-order valence-electron chi connectivity index (χ0n) is 14.7. The lowest BCUT2D eigenvalue weighted by molar-refractivity contribution is 0.0522. The molecule has 0 saturated heterocycles. The van der Waals surface area contributed by atoms with Gasteiger partial charge in [0.15, 0.2) is 0 Å². The van der Waals surface area contributed by atoms with Gasteiger partial charge in [0.2, 0.25) is 0 Å². The van der Waals surface area contributed by atoms with Gasteiger partial charge in [-0.15, -0.1) is 0 Å². The fraction of sp³-hybridized carbons (Fsp3) is 0.200. The molecule has 0 unspecified atom stereocenters. The molecule has 3 rings (SSSR count). The van der Waals surface area contributed by atoms with Gasteiger partial charge in [-0.2, -0.15) is 0 Å². The lowest BCUT2D eigenvalue weighted by atomic mass is 10.0.